The number of carboxylic acid groups (broad SMARTS) is 1. The van der Waals surface area contributed by atoms with E-state index in [1.165, 1.54) is 57.8 Å². The van der Waals surface area contributed by atoms with Crippen LogP contribution in [-0.2, 0) is 4.79 Å². The van der Waals surface area contributed by atoms with Crippen LogP contribution in [0.3, 0.4) is 0 Å². The second-order valence-corrected chi connectivity index (χ2v) is 5.75. The Morgan fingerprint density at radius 1 is 0.727 bits per heavy atom. The van der Waals surface area contributed by atoms with E-state index in [9.17, 15) is 4.79 Å². The Kier molecular flexibility index (Phi) is 16.7. The predicted octanol–water partition coefficient (Wildman–Crippen LogP) is 6.44. The lowest BCUT2D eigenvalue weighted by Crippen LogP contribution is -1.91. The van der Waals surface area contributed by atoms with Crippen molar-refractivity contribution in [1.82, 2.24) is 0 Å². The van der Waals surface area contributed by atoms with E-state index in [1.54, 1.807) is 0 Å². The van der Waals surface area contributed by atoms with Gasteiger partial charge in [0.05, 0.1) is 0 Å². The monoisotopic (exact) mass is 306 g/mol. The van der Waals surface area contributed by atoms with Gasteiger partial charge in [0.15, 0.2) is 0 Å². The lowest BCUT2D eigenvalue weighted by Gasteiger charge is -1.98. The number of hydrogen-bond donors (Lipinski definition) is 1. The van der Waals surface area contributed by atoms with Crippen LogP contribution in [-0.4, -0.2) is 11.1 Å². The SMILES string of the molecule is CCCCC=CCCCCCCCC=CC=CCCC(=O)O. The maximum absolute atomic E-state index is 10.3. The molecular weight excluding hydrogens is 272 g/mol. The predicted molar refractivity (Wildman–Crippen MR) is 96.1 cm³/mol. The van der Waals surface area contributed by atoms with E-state index in [0.717, 1.165) is 6.42 Å². The van der Waals surface area contributed by atoms with E-state index in [-0.39, 0.29) is 6.42 Å². The summed E-state index contributed by atoms with van der Waals surface area (Å²) in [4.78, 5) is 10.3. The quantitative estimate of drug-likeness (QED) is 0.215. The van der Waals surface area contributed by atoms with Crippen LogP contribution in [0.1, 0.15) is 84.0 Å². The van der Waals surface area contributed by atoms with Crippen LogP contribution in [0.15, 0.2) is 36.5 Å². The molecule has 0 aliphatic rings. The number of carboxylic acids is 1. The molecule has 2 nitrogen and oxygen atoms in total. The molecule has 0 aromatic rings. The van der Waals surface area contributed by atoms with Crippen molar-refractivity contribution in [2.24, 2.45) is 0 Å². The summed E-state index contributed by atoms with van der Waals surface area (Å²) in [5.74, 6) is -0.731. The highest BCUT2D eigenvalue weighted by atomic mass is 16.4. The van der Waals surface area contributed by atoms with Crippen LogP contribution in [0.2, 0.25) is 0 Å². The summed E-state index contributed by atoms with van der Waals surface area (Å²) in [6.45, 7) is 2.23. The highest BCUT2D eigenvalue weighted by Gasteiger charge is 1.91. The third-order valence-corrected chi connectivity index (χ3v) is 3.54. The van der Waals surface area contributed by atoms with Gasteiger partial charge in [-0.3, -0.25) is 4.79 Å². The average Bonchev–Trinajstić information content (AvgIpc) is 2.50. The highest BCUT2D eigenvalue weighted by molar-refractivity contribution is 5.66. The first kappa shape index (κ1) is 20.7. The molecule has 1 N–H and O–H groups in total. The Balaban J connectivity index is 3.22. The molecule has 0 heterocycles. The first-order chi connectivity index (χ1) is 10.8. The molecule has 0 aromatic heterocycles. The van der Waals surface area contributed by atoms with Gasteiger partial charge in [-0.25, -0.2) is 0 Å². The van der Waals surface area contributed by atoms with E-state index < -0.39 is 5.97 Å². The fourth-order valence-corrected chi connectivity index (χ4v) is 2.17. The highest BCUT2D eigenvalue weighted by Crippen LogP contribution is 2.08. The van der Waals surface area contributed by atoms with Gasteiger partial charge in [-0.05, 0) is 38.5 Å². The first-order valence-electron chi connectivity index (χ1n) is 8.95. The molecule has 0 fully saturated rings. The van der Waals surface area contributed by atoms with Gasteiger partial charge in [0.2, 0.25) is 0 Å². The topological polar surface area (TPSA) is 37.3 Å². The zero-order chi connectivity index (χ0) is 16.3. The van der Waals surface area contributed by atoms with Crippen LogP contribution < -0.4 is 0 Å². The number of carbonyl (C=O) groups is 1. The third kappa shape index (κ3) is 18.7. The van der Waals surface area contributed by atoms with Gasteiger partial charge >= 0.3 is 5.97 Å². The number of allylic oxidation sites excluding steroid dienone is 6. The molecule has 0 bridgehead atoms. The molecule has 0 amide bonds. The molecule has 0 atom stereocenters. The summed E-state index contributed by atoms with van der Waals surface area (Å²) >= 11 is 0. The minimum absolute atomic E-state index is 0.220. The van der Waals surface area contributed by atoms with Crippen LogP contribution in [0.4, 0.5) is 0 Å². The van der Waals surface area contributed by atoms with Crippen molar-refractivity contribution in [1.29, 1.82) is 0 Å². The fourth-order valence-electron chi connectivity index (χ4n) is 2.17. The summed E-state index contributed by atoms with van der Waals surface area (Å²) < 4.78 is 0. The molecule has 0 spiro atoms. The Labute approximate surface area is 137 Å². The number of unbranched alkanes of at least 4 members (excludes halogenated alkanes) is 8. The Bertz CT molecular complexity index is 327. The number of rotatable bonds is 15. The summed E-state index contributed by atoms with van der Waals surface area (Å²) in [5, 5.41) is 8.48. The fraction of sp³-hybridized carbons (Fsp3) is 0.650. The summed E-state index contributed by atoms with van der Waals surface area (Å²) in [5.41, 5.74) is 0. The van der Waals surface area contributed by atoms with Crippen molar-refractivity contribution in [2.75, 3.05) is 0 Å². The second-order valence-electron chi connectivity index (χ2n) is 5.75. The Morgan fingerprint density at radius 3 is 1.82 bits per heavy atom. The molecule has 0 aliphatic heterocycles. The average molecular weight is 306 g/mol. The van der Waals surface area contributed by atoms with Crippen molar-refractivity contribution in [3.8, 4) is 0 Å². The van der Waals surface area contributed by atoms with E-state index in [0.29, 0.717) is 6.42 Å². The van der Waals surface area contributed by atoms with Gasteiger partial charge in [-0.15, -0.1) is 0 Å². The smallest absolute Gasteiger partial charge is 0.303 e. The van der Waals surface area contributed by atoms with E-state index in [4.69, 9.17) is 5.11 Å². The van der Waals surface area contributed by atoms with Crippen molar-refractivity contribution in [3.63, 3.8) is 0 Å². The van der Waals surface area contributed by atoms with Crippen LogP contribution in [0.5, 0.6) is 0 Å². The number of hydrogen-bond acceptors (Lipinski definition) is 1. The van der Waals surface area contributed by atoms with Crippen molar-refractivity contribution >= 4 is 5.97 Å². The number of aliphatic carboxylic acids is 1. The Morgan fingerprint density at radius 2 is 1.23 bits per heavy atom. The normalized spacial score (nSPS) is 12.0. The van der Waals surface area contributed by atoms with Crippen molar-refractivity contribution in [3.05, 3.63) is 36.5 Å². The van der Waals surface area contributed by atoms with Crippen molar-refractivity contribution < 1.29 is 9.90 Å². The van der Waals surface area contributed by atoms with Gasteiger partial charge in [-0.2, -0.15) is 0 Å². The van der Waals surface area contributed by atoms with Gasteiger partial charge in [0.25, 0.3) is 0 Å². The molecule has 22 heavy (non-hydrogen) atoms. The lowest BCUT2D eigenvalue weighted by molar-refractivity contribution is -0.136. The second kappa shape index (κ2) is 17.7. The summed E-state index contributed by atoms with van der Waals surface area (Å²) in [6, 6.07) is 0. The van der Waals surface area contributed by atoms with E-state index in [2.05, 4.69) is 25.2 Å². The summed E-state index contributed by atoms with van der Waals surface area (Å²) in [7, 11) is 0. The van der Waals surface area contributed by atoms with Crippen LogP contribution in [0, 0.1) is 0 Å². The first-order valence-corrected chi connectivity index (χ1v) is 8.95. The molecule has 0 radical (unpaired) electrons. The van der Waals surface area contributed by atoms with Gasteiger partial charge < -0.3 is 5.11 Å². The minimum Gasteiger partial charge on any atom is -0.481 e. The molecule has 0 saturated heterocycles. The Hall–Kier alpha value is -1.31. The summed E-state index contributed by atoms with van der Waals surface area (Å²) in [6.07, 6.45) is 26.4. The third-order valence-electron chi connectivity index (χ3n) is 3.54. The van der Waals surface area contributed by atoms with E-state index in [1.807, 2.05) is 18.2 Å². The standard InChI is InChI=1S/C20H34O2/c1-2-3-4-5-6-7-8-9-10-11-12-13-14-15-16-17-18-19-20(21)22/h5-6,14-17H,2-4,7-13,18-19H2,1H3,(H,21,22). The van der Waals surface area contributed by atoms with Crippen LogP contribution in [0.25, 0.3) is 0 Å². The van der Waals surface area contributed by atoms with Gasteiger partial charge in [0, 0.05) is 6.42 Å². The molecule has 0 saturated carbocycles. The maximum atomic E-state index is 10.3. The largest absolute Gasteiger partial charge is 0.481 e. The molecule has 0 aromatic carbocycles. The molecule has 0 rings (SSSR count). The molecule has 0 unspecified atom stereocenters. The molecule has 0 aliphatic carbocycles. The minimum atomic E-state index is -0.731. The molecular formula is C20H34O2. The zero-order valence-electron chi connectivity index (χ0n) is 14.3. The van der Waals surface area contributed by atoms with Gasteiger partial charge in [0.1, 0.15) is 0 Å². The maximum Gasteiger partial charge on any atom is 0.303 e. The molecule has 2 heteroatoms. The van der Waals surface area contributed by atoms with Crippen LogP contribution >= 0.6 is 0 Å². The zero-order valence-corrected chi connectivity index (χ0v) is 14.3. The lowest BCUT2D eigenvalue weighted by atomic mass is 10.1. The van der Waals surface area contributed by atoms with E-state index >= 15 is 0 Å². The van der Waals surface area contributed by atoms with Crippen molar-refractivity contribution in [2.45, 2.75) is 84.0 Å². The van der Waals surface area contributed by atoms with Gasteiger partial charge in [-0.1, -0.05) is 75.5 Å². The molecule has 126 valence electrons.